The lowest BCUT2D eigenvalue weighted by atomic mass is 9.95. The van der Waals surface area contributed by atoms with Gasteiger partial charge in [-0.2, -0.15) is 0 Å². The Bertz CT molecular complexity index is 1360. The average molecular weight is 598 g/mol. The van der Waals surface area contributed by atoms with Crippen molar-refractivity contribution in [3.8, 4) is 28.4 Å². The number of amides is 2. The number of rotatable bonds is 15. The molecule has 0 spiro atoms. The standard InChI is InChI=1S/C32H43N3O8/c1-20(36)35-24-14-12-21-18-27(40-2)31(42-4)32(43-5)30(21)22-13-15-25(26(37)19-23(22)24)33-17-9-10-28(38)34-16-8-6-7-11-29(39)41-3/h13,15,18-19,24H,6-12,14,16-17H2,1-5H3,(H,33,37)(H,34,38)(H,35,36). The minimum Gasteiger partial charge on any atom is -0.493 e. The first-order chi connectivity index (χ1) is 20.7. The number of fused-ring (bicyclic) bond motifs is 3. The Kier molecular flexibility index (Phi) is 12.7. The van der Waals surface area contributed by atoms with E-state index in [-0.39, 0.29) is 23.2 Å². The number of hydrogen-bond acceptors (Lipinski definition) is 9. The first-order valence-corrected chi connectivity index (χ1v) is 14.6. The van der Waals surface area contributed by atoms with Crippen molar-refractivity contribution in [2.24, 2.45) is 0 Å². The zero-order chi connectivity index (χ0) is 31.4. The Morgan fingerprint density at radius 2 is 1.65 bits per heavy atom. The van der Waals surface area contributed by atoms with Crippen molar-refractivity contribution in [3.05, 3.63) is 45.6 Å². The molecule has 0 aromatic heterocycles. The maximum Gasteiger partial charge on any atom is 0.305 e. The van der Waals surface area contributed by atoms with Gasteiger partial charge in [-0.25, -0.2) is 0 Å². The summed E-state index contributed by atoms with van der Waals surface area (Å²) < 4.78 is 21.6. The number of unbranched alkanes of at least 4 members (excludes halogenated alkanes) is 2. The van der Waals surface area contributed by atoms with Gasteiger partial charge in [0.25, 0.3) is 0 Å². The normalized spacial score (nSPS) is 13.5. The molecule has 0 aliphatic heterocycles. The second kappa shape index (κ2) is 16.4. The third-order valence-electron chi connectivity index (χ3n) is 7.42. The molecule has 0 heterocycles. The molecule has 2 aromatic carbocycles. The number of aryl methyl sites for hydroxylation is 1. The van der Waals surface area contributed by atoms with Crippen molar-refractivity contribution in [2.75, 3.05) is 46.8 Å². The summed E-state index contributed by atoms with van der Waals surface area (Å²) in [7, 11) is 6.04. The molecular weight excluding hydrogens is 554 g/mol. The van der Waals surface area contributed by atoms with Crippen LogP contribution in [0.1, 0.15) is 69.0 Å². The lowest BCUT2D eigenvalue weighted by molar-refractivity contribution is -0.140. The van der Waals surface area contributed by atoms with Gasteiger partial charge in [-0.1, -0.05) is 12.5 Å². The van der Waals surface area contributed by atoms with E-state index in [2.05, 4.69) is 20.7 Å². The van der Waals surface area contributed by atoms with Crippen LogP contribution in [0.25, 0.3) is 11.1 Å². The van der Waals surface area contributed by atoms with Crippen LogP contribution in [-0.2, 0) is 25.5 Å². The third kappa shape index (κ3) is 8.86. The van der Waals surface area contributed by atoms with Crippen LogP contribution in [0.4, 0.5) is 5.69 Å². The number of hydrogen-bond donors (Lipinski definition) is 3. The molecule has 0 saturated heterocycles. The second-order valence-electron chi connectivity index (χ2n) is 10.4. The molecule has 11 nitrogen and oxygen atoms in total. The van der Waals surface area contributed by atoms with Crippen LogP contribution >= 0.6 is 0 Å². The summed E-state index contributed by atoms with van der Waals surface area (Å²) in [5, 5.41) is 9.07. The van der Waals surface area contributed by atoms with Gasteiger partial charge in [0.05, 0.1) is 40.2 Å². The van der Waals surface area contributed by atoms with E-state index >= 15 is 0 Å². The maximum atomic E-state index is 13.4. The summed E-state index contributed by atoms with van der Waals surface area (Å²) in [6, 6.07) is 6.68. The molecule has 234 valence electrons. The van der Waals surface area contributed by atoms with Crippen molar-refractivity contribution in [2.45, 2.75) is 64.3 Å². The number of methoxy groups -OCH3 is 4. The van der Waals surface area contributed by atoms with Crippen LogP contribution in [-0.4, -0.2) is 59.3 Å². The smallest absolute Gasteiger partial charge is 0.305 e. The molecule has 1 aliphatic rings. The summed E-state index contributed by atoms with van der Waals surface area (Å²) in [5.74, 6) is 0.990. The van der Waals surface area contributed by atoms with Gasteiger partial charge >= 0.3 is 5.97 Å². The summed E-state index contributed by atoms with van der Waals surface area (Å²) in [5.41, 5.74) is 3.33. The number of esters is 1. The molecule has 0 fully saturated rings. The monoisotopic (exact) mass is 597 g/mol. The largest absolute Gasteiger partial charge is 0.493 e. The summed E-state index contributed by atoms with van der Waals surface area (Å²) >= 11 is 0. The molecule has 11 heteroatoms. The highest BCUT2D eigenvalue weighted by Crippen LogP contribution is 2.50. The minimum atomic E-state index is -0.390. The maximum absolute atomic E-state index is 13.4. The van der Waals surface area contributed by atoms with Crippen LogP contribution in [0, 0.1) is 0 Å². The van der Waals surface area contributed by atoms with Crippen molar-refractivity contribution >= 4 is 23.5 Å². The Labute approximate surface area is 252 Å². The van der Waals surface area contributed by atoms with Crippen LogP contribution in [0.3, 0.4) is 0 Å². The number of benzene rings is 1. The lowest BCUT2D eigenvalue weighted by Gasteiger charge is -2.19. The highest BCUT2D eigenvalue weighted by atomic mass is 16.5. The van der Waals surface area contributed by atoms with Crippen LogP contribution in [0.5, 0.6) is 17.2 Å². The quantitative estimate of drug-likeness (QED) is 0.206. The van der Waals surface area contributed by atoms with E-state index in [0.717, 1.165) is 36.0 Å². The van der Waals surface area contributed by atoms with E-state index in [0.29, 0.717) is 73.7 Å². The van der Waals surface area contributed by atoms with E-state index in [1.165, 1.54) is 14.0 Å². The Hall–Kier alpha value is -4.28. The summed E-state index contributed by atoms with van der Waals surface area (Å²) in [6.45, 7) is 2.44. The molecular formula is C32H43N3O8. The van der Waals surface area contributed by atoms with Gasteiger partial charge in [-0.3, -0.25) is 19.2 Å². The Balaban J connectivity index is 1.76. The predicted molar refractivity (Wildman–Crippen MR) is 164 cm³/mol. The summed E-state index contributed by atoms with van der Waals surface area (Å²) in [4.78, 5) is 48.9. The van der Waals surface area contributed by atoms with Crippen LogP contribution < -0.4 is 35.6 Å². The van der Waals surface area contributed by atoms with Gasteiger partial charge < -0.3 is 34.9 Å². The van der Waals surface area contributed by atoms with Gasteiger partial charge in [0.15, 0.2) is 11.5 Å². The van der Waals surface area contributed by atoms with Crippen LogP contribution in [0.2, 0.25) is 0 Å². The fourth-order valence-corrected chi connectivity index (χ4v) is 5.32. The van der Waals surface area contributed by atoms with Crippen molar-refractivity contribution in [1.29, 1.82) is 0 Å². The molecule has 0 saturated carbocycles. The SMILES string of the molecule is COC(=O)CCCCCNC(=O)CCCNc1ccc2c(cc1=O)C(NC(C)=O)CCc1cc(OC)c(OC)c(OC)c1-2. The van der Waals surface area contributed by atoms with E-state index in [4.69, 9.17) is 14.2 Å². The molecule has 1 atom stereocenters. The van der Waals surface area contributed by atoms with Gasteiger partial charge in [0.2, 0.25) is 23.0 Å². The molecule has 0 radical (unpaired) electrons. The predicted octanol–water partition coefficient (Wildman–Crippen LogP) is 3.90. The number of ether oxygens (including phenoxy) is 4. The summed E-state index contributed by atoms with van der Waals surface area (Å²) in [6.07, 6.45) is 4.77. The number of carbonyl (C=O) groups excluding carboxylic acids is 3. The molecule has 2 aromatic rings. The number of carbonyl (C=O) groups is 3. The highest BCUT2D eigenvalue weighted by Gasteiger charge is 2.29. The average Bonchev–Trinajstić information content (AvgIpc) is 3.24. The first-order valence-electron chi connectivity index (χ1n) is 14.6. The lowest BCUT2D eigenvalue weighted by Crippen LogP contribution is -2.26. The topological polar surface area (TPSA) is 141 Å². The number of anilines is 1. The second-order valence-corrected chi connectivity index (χ2v) is 10.4. The Morgan fingerprint density at radius 3 is 2.33 bits per heavy atom. The highest BCUT2D eigenvalue weighted by molar-refractivity contribution is 5.84. The molecule has 1 aliphatic carbocycles. The third-order valence-corrected chi connectivity index (χ3v) is 7.42. The van der Waals surface area contributed by atoms with Gasteiger partial charge in [-0.05, 0) is 67.0 Å². The van der Waals surface area contributed by atoms with E-state index in [1.54, 1.807) is 33.5 Å². The molecule has 1 unspecified atom stereocenters. The molecule has 2 amide bonds. The molecule has 43 heavy (non-hydrogen) atoms. The van der Waals surface area contributed by atoms with E-state index in [1.807, 2.05) is 12.1 Å². The van der Waals surface area contributed by atoms with Crippen molar-refractivity contribution < 1.29 is 33.3 Å². The minimum absolute atomic E-state index is 0.0614. The van der Waals surface area contributed by atoms with E-state index < -0.39 is 6.04 Å². The van der Waals surface area contributed by atoms with E-state index in [9.17, 15) is 19.2 Å². The number of nitrogens with one attached hydrogen (secondary N) is 3. The zero-order valence-electron chi connectivity index (χ0n) is 25.7. The molecule has 3 rings (SSSR count). The zero-order valence-corrected chi connectivity index (χ0v) is 25.7. The van der Waals surface area contributed by atoms with Crippen LogP contribution in [0.15, 0.2) is 29.1 Å². The van der Waals surface area contributed by atoms with Gasteiger partial charge in [0.1, 0.15) is 0 Å². The Morgan fingerprint density at radius 1 is 0.884 bits per heavy atom. The van der Waals surface area contributed by atoms with Gasteiger partial charge in [-0.15, -0.1) is 0 Å². The first kappa shape index (κ1) is 33.2. The molecule has 0 bridgehead atoms. The van der Waals surface area contributed by atoms with Gasteiger partial charge in [0, 0.05) is 38.4 Å². The van der Waals surface area contributed by atoms with Crippen molar-refractivity contribution in [3.63, 3.8) is 0 Å². The van der Waals surface area contributed by atoms with Crippen molar-refractivity contribution in [1.82, 2.24) is 10.6 Å². The fraction of sp³-hybridized carbons (Fsp3) is 0.500. The molecule has 3 N–H and O–H groups in total. The fourth-order valence-electron chi connectivity index (χ4n) is 5.32.